The molecule has 0 aliphatic heterocycles. The molecule has 120 valence electrons. The summed E-state index contributed by atoms with van der Waals surface area (Å²) in [6.45, 7) is 0. The zero-order chi connectivity index (χ0) is 16.7. The minimum atomic E-state index is -0.174. The molecule has 0 amide bonds. The van der Waals surface area contributed by atoms with E-state index in [1.54, 1.807) is 18.6 Å². The van der Waals surface area contributed by atoms with Gasteiger partial charge in [0.05, 0.1) is 11.3 Å². The molecule has 1 atom stereocenters. The van der Waals surface area contributed by atoms with Crippen LogP contribution in [-0.4, -0.2) is 9.55 Å². The van der Waals surface area contributed by atoms with Gasteiger partial charge in [-0.15, -0.1) is 0 Å². The van der Waals surface area contributed by atoms with Crippen molar-refractivity contribution < 1.29 is 4.42 Å². The summed E-state index contributed by atoms with van der Waals surface area (Å²) in [5, 5.41) is 2.61. The van der Waals surface area contributed by atoms with Gasteiger partial charge < -0.3 is 8.98 Å². The number of hydrogen-bond donors (Lipinski definition) is 0. The first-order chi connectivity index (χ1) is 11.6. The van der Waals surface area contributed by atoms with Gasteiger partial charge in [0.2, 0.25) is 0 Å². The molecule has 2 heterocycles. The van der Waals surface area contributed by atoms with Gasteiger partial charge in [-0.3, -0.25) is 0 Å². The minimum absolute atomic E-state index is 0.174. The van der Waals surface area contributed by atoms with Crippen LogP contribution in [-0.2, 0) is 0 Å². The molecule has 0 radical (unpaired) electrons. The third kappa shape index (κ3) is 2.80. The number of halogens is 3. The number of hydrogen-bond acceptors (Lipinski definition) is 2. The first kappa shape index (κ1) is 15.6. The standard InChI is InChI=1S/C18H11Cl3N2O/c19-13-3-1-11(2-4-13)17(23-6-5-22-10-23)16-8-12-7-14(20)9-15(21)18(12)24-16/h1-10,17H. The number of nitrogens with zero attached hydrogens (tertiary/aromatic N) is 2. The van der Waals surface area contributed by atoms with Gasteiger partial charge in [0.25, 0.3) is 0 Å². The fourth-order valence-corrected chi connectivity index (χ4v) is 3.45. The molecule has 0 saturated carbocycles. The Labute approximate surface area is 153 Å². The first-order valence-electron chi connectivity index (χ1n) is 7.23. The van der Waals surface area contributed by atoms with Crippen LogP contribution in [0.25, 0.3) is 11.0 Å². The molecular formula is C18H11Cl3N2O. The SMILES string of the molecule is Clc1ccc(C(c2cc3cc(Cl)cc(Cl)c3o2)n2ccnc2)cc1. The highest BCUT2D eigenvalue weighted by atomic mass is 35.5. The van der Waals surface area contributed by atoms with Crippen LogP contribution in [0.1, 0.15) is 17.4 Å². The van der Waals surface area contributed by atoms with E-state index in [1.165, 1.54) is 0 Å². The van der Waals surface area contributed by atoms with Crippen LogP contribution < -0.4 is 0 Å². The molecule has 6 heteroatoms. The average molecular weight is 378 g/mol. The maximum Gasteiger partial charge on any atom is 0.153 e. The molecule has 2 aromatic carbocycles. The number of rotatable bonds is 3. The third-order valence-corrected chi connectivity index (χ3v) is 4.58. The van der Waals surface area contributed by atoms with Crippen molar-refractivity contribution >= 4 is 45.8 Å². The topological polar surface area (TPSA) is 31.0 Å². The van der Waals surface area contributed by atoms with Crippen LogP contribution in [0.5, 0.6) is 0 Å². The Morgan fingerprint density at radius 3 is 2.46 bits per heavy atom. The van der Waals surface area contributed by atoms with Crippen LogP contribution in [0.15, 0.2) is 65.6 Å². The van der Waals surface area contributed by atoms with Crippen LogP contribution in [0.4, 0.5) is 0 Å². The lowest BCUT2D eigenvalue weighted by Crippen LogP contribution is -2.09. The van der Waals surface area contributed by atoms with Crippen molar-refractivity contribution in [1.29, 1.82) is 0 Å². The van der Waals surface area contributed by atoms with Crippen LogP contribution >= 0.6 is 34.8 Å². The molecule has 0 bridgehead atoms. The van der Waals surface area contributed by atoms with Gasteiger partial charge in [0.1, 0.15) is 11.8 Å². The molecule has 1 unspecified atom stereocenters. The van der Waals surface area contributed by atoms with Gasteiger partial charge in [-0.2, -0.15) is 0 Å². The van der Waals surface area contributed by atoms with E-state index in [0.29, 0.717) is 20.7 Å². The highest BCUT2D eigenvalue weighted by Gasteiger charge is 2.21. The molecule has 4 aromatic rings. The summed E-state index contributed by atoms with van der Waals surface area (Å²) < 4.78 is 8.02. The van der Waals surface area contributed by atoms with Crippen molar-refractivity contribution in [2.75, 3.05) is 0 Å². The first-order valence-corrected chi connectivity index (χ1v) is 8.36. The fraction of sp³-hybridized carbons (Fsp3) is 0.0556. The van der Waals surface area contributed by atoms with Crippen molar-refractivity contribution in [2.24, 2.45) is 0 Å². The van der Waals surface area contributed by atoms with Gasteiger partial charge in [-0.05, 0) is 35.9 Å². The van der Waals surface area contributed by atoms with Gasteiger partial charge in [0, 0.05) is 27.8 Å². The monoisotopic (exact) mass is 376 g/mol. The molecule has 24 heavy (non-hydrogen) atoms. The highest BCUT2D eigenvalue weighted by Crippen LogP contribution is 2.36. The number of benzene rings is 2. The van der Waals surface area contributed by atoms with E-state index in [-0.39, 0.29) is 6.04 Å². The van der Waals surface area contributed by atoms with Gasteiger partial charge in [-0.25, -0.2) is 4.98 Å². The van der Waals surface area contributed by atoms with Gasteiger partial charge in [-0.1, -0.05) is 46.9 Å². The van der Waals surface area contributed by atoms with Crippen LogP contribution in [0.2, 0.25) is 15.1 Å². The third-order valence-electron chi connectivity index (χ3n) is 3.83. The predicted molar refractivity (Wildman–Crippen MR) is 97.2 cm³/mol. The smallest absolute Gasteiger partial charge is 0.153 e. The van der Waals surface area contributed by atoms with Crippen LogP contribution in [0.3, 0.4) is 0 Å². The maximum absolute atomic E-state index is 6.26. The molecule has 0 N–H and O–H groups in total. The Balaban J connectivity index is 1.91. The largest absolute Gasteiger partial charge is 0.457 e. The summed E-state index contributed by atoms with van der Waals surface area (Å²) in [7, 11) is 0. The molecule has 0 spiro atoms. The fourth-order valence-electron chi connectivity index (χ4n) is 2.78. The minimum Gasteiger partial charge on any atom is -0.457 e. The molecular weight excluding hydrogens is 367 g/mol. The van der Waals surface area contributed by atoms with E-state index in [2.05, 4.69) is 4.98 Å². The predicted octanol–water partition coefficient (Wildman–Crippen LogP) is 6.23. The Morgan fingerprint density at radius 2 is 1.75 bits per heavy atom. The van der Waals surface area contributed by atoms with Crippen molar-refractivity contribution in [2.45, 2.75) is 6.04 Å². The highest BCUT2D eigenvalue weighted by molar-refractivity contribution is 6.38. The summed E-state index contributed by atoms with van der Waals surface area (Å²) in [6, 6.07) is 12.9. The molecule has 3 nitrogen and oxygen atoms in total. The summed E-state index contributed by atoms with van der Waals surface area (Å²) in [5.74, 6) is 0.745. The molecule has 0 aliphatic carbocycles. The summed E-state index contributed by atoms with van der Waals surface area (Å²) >= 11 is 18.4. The quantitative estimate of drug-likeness (QED) is 0.424. The number of fused-ring (bicyclic) bond motifs is 1. The van der Waals surface area contributed by atoms with E-state index < -0.39 is 0 Å². The Kier molecular flexibility index (Phi) is 4.01. The normalized spacial score (nSPS) is 12.6. The average Bonchev–Trinajstić information content (AvgIpc) is 3.19. The summed E-state index contributed by atoms with van der Waals surface area (Å²) in [5.41, 5.74) is 1.65. The molecule has 2 aromatic heterocycles. The molecule has 4 rings (SSSR count). The van der Waals surface area contributed by atoms with E-state index in [4.69, 9.17) is 39.2 Å². The second-order valence-electron chi connectivity index (χ2n) is 5.42. The van der Waals surface area contributed by atoms with E-state index in [9.17, 15) is 0 Å². The lowest BCUT2D eigenvalue weighted by Gasteiger charge is -2.16. The van der Waals surface area contributed by atoms with Crippen molar-refractivity contribution in [3.63, 3.8) is 0 Å². The van der Waals surface area contributed by atoms with Crippen molar-refractivity contribution in [3.05, 3.63) is 87.6 Å². The van der Waals surface area contributed by atoms with E-state index in [1.807, 2.05) is 47.2 Å². The number of imidazole rings is 1. The maximum atomic E-state index is 6.26. The van der Waals surface area contributed by atoms with Crippen LogP contribution in [0, 0.1) is 0 Å². The second kappa shape index (κ2) is 6.17. The zero-order valence-corrected chi connectivity index (χ0v) is 14.6. The molecule has 0 fully saturated rings. The number of furan rings is 1. The summed E-state index contributed by atoms with van der Waals surface area (Å²) in [4.78, 5) is 4.15. The van der Waals surface area contributed by atoms with E-state index in [0.717, 1.165) is 16.7 Å². The second-order valence-corrected chi connectivity index (χ2v) is 6.70. The molecule has 0 saturated heterocycles. The summed E-state index contributed by atoms with van der Waals surface area (Å²) in [6.07, 6.45) is 5.37. The number of aromatic nitrogens is 2. The van der Waals surface area contributed by atoms with Crippen molar-refractivity contribution in [3.8, 4) is 0 Å². The lowest BCUT2D eigenvalue weighted by atomic mass is 10.0. The van der Waals surface area contributed by atoms with Crippen molar-refractivity contribution in [1.82, 2.24) is 9.55 Å². The van der Waals surface area contributed by atoms with Gasteiger partial charge >= 0.3 is 0 Å². The van der Waals surface area contributed by atoms with Gasteiger partial charge in [0.15, 0.2) is 5.58 Å². The lowest BCUT2D eigenvalue weighted by molar-refractivity contribution is 0.488. The zero-order valence-electron chi connectivity index (χ0n) is 12.3. The molecule has 0 aliphatic rings. The Bertz CT molecular complexity index is 991. The Morgan fingerprint density at radius 1 is 0.958 bits per heavy atom. The van der Waals surface area contributed by atoms with E-state index >= 15 is 0 Å². The Hall–Kier alpha value is -1.94.